The van der Waals surface area contributed by atoms with E-state index in [0.29, 0.717) is 17.4 Å². The summed E-state index contributed by atoms with van der Waals surface area (Å²) in [4.78, 5) is 35.7. The molecule has 0 heterocycles. The Morgan fingerprint density at radius 3 is 1.11 bits per heavy atom. The maximum absolute atomic E-state index is 12.8. The molecule has 0 saturated carbocycles. The molecule has 72 heavy (non-hydrogen) atoms. The zero-order valence-electron chi connectivity index (χ0n) is 46.6. The number of likely N-dealkylation sites (N-methyl/N-ethyl adjacent to an activating group) is 1. The van der Waals surface area contributed by atoms with E-state index in [0.717, 1.165) is 103 Å². The molecule has 0 radical (unpaired) electrons. The van der Waals surface area contributed by atoms with Gasteiger partial charge in [0, 0.05) is 12.8 Å². The average molecular weight is 1030 g/mol. The van der Waals surface area contributed by atoms with Gasteiger partial charge in [-0.2, -0.15) is 0 Å². The number of carbonyl (C=O) groups is 2. The molecule has 0 saturated heterocycles. The molecule has 2 atom stereocenters. The third-order valence-electron chi connectivity index (χ3n) is 11.8. The number of rotatable bonds is 51. The van der Waals surface area contributed by atoms with Gasteiger partial charge in [0.2, 0.25) is 0 Å². The van der Waals surface area contributed by atoms with Crippen molar-refractivity contribution in [3.63, 3.8) is 0 Å². The molecule has 0 aromatic rings. The first-order valence-electron chi connectivity index (χ1n) is 28.6. The number of hydrogen-bond donors (Lipinski definition) is 1. The van der Waals surface area contributed by atoms with Gasteiger partial charge in [-0.25, -0.2) is 4.57 Å². The van der Waals surface area contributed by atoms with Crippen molar-refractivity contribution in [3.05, 3.63) is 109 Å². The largest absolute Gasteiger partial charge is 0.472 e. The molecule has 0 fully saturated rings. The van der Waals surface area contributed by atoms with Crippen molar-refractivity contribution < 1.29 is 42.1 Å². The van der Waals surface area contributed by atoms with Crippen LogP contribution in [-0.4, -0.2) is 74.9 Å². The van der Waals surface area contributed by atoms with E-state index in [-0.39, 0.29) is 32.0 Å². The van der Waals surface area contributed by atoms with Crippen LogP contribution >= 0.6 is 7.82 Å². The van der Waals surface area contributed by atoms with Gasteiger partial charge in [0.1, 0.15) is 19.8 Å². The number of hydrogen-bond acceptors (Lipinski definition) is 7. The Morgan fingerprint density at radius 1 is 0.431 bits per heavy atom. The lowest BCUT2D eigenvalue weighted by Gasteiger charge is -2.24. The van der Waals surface area contributed by atoms with E-state index in [9.17, 15) is 19.0 Å². The van der Waals surface area contributed by atoms with Crippen LogP contribution in [0.1, 0.15) is 219 Å². The quantitative estimate of drug-likeness (QED) is 0.0211. The Labute approximate surface area is 442 Å². The van der Waals surface area contributed by atoms with Crippen LogP contribution in [-0.2, 0) is 32.7 Å². The van der Waals surface area contributed by atoms with Gasteiger partial charge in [0.05, 0.1) is 27.7 Å². The highest BCUT2D eigenvalue weighted by molar-refractivity contribution is 7.47. The maximum Gasteiger partial charge on any atom is 0.472 e. The SMILES string of the molecule is CC/C=C\C/C=C\C/C=C\C/C=C\C/C=C\CCCCCCCCCC(=O)OC(COC(=O)CCCCCCCCCCCCCC/C=C\C/C=C\C/C=C\C/C=C\CC)COP(=O)(O)OCC[N+](C)(C)C. The molecule has 0 bridgehead atoms. The van der Waals surface area contributed by atoms with Gasteiger partial charge < -0.3 is 18.9 Å². The van der Waals surface area contributed by atoms with Gasteiger partial charge in [-0.05, 0) is 96.3 Å². The van der Waals surface area contributed by atoms with Gasteiger partial charge in [0.15, 0.2) is 6.10 Å². The van der Waals surface area contributed by atoms with Crippen LogP contribution in [0.4, 0.5) is 0 Å². The number of esters is 2. The van der Waals surface area contributed by atoms with Crippen molar-refractivity contribution in [3.8, 4) is 0 Å². The Hall–Kier alpha value is -3.33. The summed E-state index contributed by atoms with van der Waals surface area (Å²) in [6.45, 7) is 4.19. The predicted octanol–water partition coefficient (Wildman–Crippen LogP) is 17.8. The summed E-state index contributed by atoms with van der Waals surface area (Å²) in [6, 6.07) is 0. The molecule has 0 aliphatic heterocycles. The molecule has 2 unspecified atom stereocenters. The summed E-state index contributed by atoms with van der Waals surface area (Å²) in [6.07, 6.45) is 72.9. The molecular formula is C62H107NO8P+. The van der Waals surface area contributed by atoms with Crippen LogP contribution in [0.15, 0.2) is 109 Å². The van der Waals surface area contributed by atoms with Crippen LogP contribution < -0.4 is 0 Å². The molecule has 412 valence electrons. The second-order valence-corrected chi connectivity index (χ2v) is 21.4. The standard InChI is InChI=1S/C62H106NO8P/c1-6-8-10-12-14-16-18-20-22-24-26-28-30-31-33-34-36-38-40-42-44-46-48-50-52-54-61(64)68-58-60(59-70-72(66,67)69-57-56-63(3,4)5)71-62(65)55-53-51-49-47-45-43-41-39-37-35-32-29-27-25-23-21-19-17-15-13-11-9-7-2/h8-11,14-17,20-23,26-29,35,37,60H,6-7,12-13,18-19,24-25,30-34,36,38-59H2,1-5H3/p+1/b10-8-,11-9-,16-14-,17-15-,22-20-,23-21-,28-26-,29-27-,37-35-. The van der Waals surface area contributed by atoms with E-state index < -0.39 is 26.5 Å². The number of carbonyl (C=O) groups excluding carboxylic acids is 2. The molecule has 0 amide bonds. The third kappa shape index (κ3) is 56.0. The fourth-order valence-corrected chi connectivity index (χ4v) is 8.19. The normalized spacial score (nSPS) is 14.1. The van der Waals surface area contributed by atoms with Crippen molar-refractivity contribution in [2.45, 2.75) is 225 Å². The van der Waals surface area contributed by atoms with Crippen LogP contribution in [0.3, 0.4) is 0 Å². The van der Waals surface area contributed by atoms with Crippen molar-refractivity contribution in [1.29, 1.82) is 0 Å². The van der Waals surface area contributed by atoms with Crippen LogP contribution in [0.5, 0.6) is 0 Å². The lowest BCUT2D eigenvalue weighted by atomic mass is 10.0. The van der Waals surface area contributed by atoms with Gasteiger partial charge in [0.25, 0.3) is 0 Å². The minimum atomic E-state index is -4.40. The van der Waals surface area contributed by atoms with Crippen LogP contribution in [0.25, 0.3) is 0 Å². The second-order valence-electron chi connectivity index (χ2n) is 19.9. The number of quaternary nitrogens is 1. The molecule has 10 heteroatoms. The molecule has 1 N–H and O–H groups in total. The van der Waals surface area contributed by atoms with Crippen LogP contribution in [0, 0.1) is 0 Å². The molecule has 9 nitrogen and oxygen atoms in total. The van der Waals surface area contributed by atoms with Gasteiger partial charge in [-0.15, -0.1) is 0 Å². The molecule has 0 aromatic carbocycles. The second kappa shape index (κ2) is 52.5. The lowest BCUT2D eigenvalue weighted by Crippen LogP contribution is -2.37. The van der Waals surface area contributed by atoms with E-state index in [1.807, 2.05) is 21.1 Å². The summed E-state index contributed by atoms with van der Waals surface area (Å²) < 4.78 is 34.6. The van der Waals surface area contributed by atoms with Gasteiger partial charge >= 0.3 is 19.8 Å². The highest BCUT2D eigenvalue weighted by atomic mass is 31.2. The fraction of sp³-hybridized carbons (Fsp3) is 0.677. The minimum absolute atomic E-state index is 0.0234. The summed E-state index contributed by atoms with van der Waals surface area (Å²) in [5.41, 5.74) is 0. The summed E-state index contributed by atoms with van der Waals surface area (Å²) >= 11 is 0. The van der Waals surface area contributed by atoms with E-state index in [1.54, 1.807) is 0 Å². The highest BCUT2D eigenvalue weighted by Crippen LogP contribution is 2.43. The smallest absolute Gasteiger partial charge is 0.462 e. The number of unbranched alkanes of at least 4 members (excludes halogenated alkanes) is 19. The number of phosphoric acid groups is 1. The summed E-state index contributed by atoms with van der Waals surface area (Å²) in [5, 5.41) is 0. The molecule has 0 spiro atoms. The van der Waals surface area contributed by atoms with E-state index in [2.05, 4.69) is 123 Å². The molecular weight excluding hydrogens is 918 g/mol. The van der Waals surface area contributed by atoms with E-state index in [1.165, 1.54) is 83.5 Å². The Bertz CT molecular complexity index is 1580. The molecule has 0 rings (SSSR count). The lowest BCUT2D eigenvalue weighted by molar-refractivity contribution is -0.870. The van der Waals surface area contributed by atoms with Crippen molar-refractivity contribution in [1.82, 2.24) is 0 Å². The zero-order valence-corrected chi connectivity index (χ0v) is 47.5. The Kier molecular flexibility index (Phi) is 50.1. The maximum atomic E-state index is 12.8. The number of ether oxygens (including phenoxy) is 2. The first-order chi connectivity index (χ1) is 35.0. The van der Waals surface area contributed by atoms with Gasteiger partial charge in [-0.1, -0.05) is 220 Å². The minimum Gasteiger partial charge on any atom is -0.462 e. The first-order valence-corrected chi connectivity index (χ1v) is 30.1. The van der Waals surface area contributed by atoms with Crippen molar-refractivity contribution >= 4 is 19.8 Å². The summed E-state index contributed by atoms with van der Waals surface area (Å²) in [7, 11) is 1.45. The van der Waals surface area contributed by atoms with E-state index >= 15 is 0 Å². The van der Waals surface area contributed by atoms with Crippen molar-refractivity contribution in [2.75, 3.05) is 47.5 Å². The molecule has 0 aliphatic carbocycles. The van der Waals surface area contributed by atoms with E-state index in [4.69, 9.17) is 18.5 Å². The Morgan fingerprint density at radius 2 is 0.750 bits per heavy atom. The first kappa shape index (κ1) is 68.7. The highest BCUT2D eigenvalue weighted by Gasteiger charge is 2.27. The van der Waals surface area contributed by atoms with Gasteiger partial charge in [-0.3, -0.25) is 18.6 Å². The topological polar surface area (TPSA) is 108 Å². The predicted molar refractivity (Wildman–Crippen MR) is 307 cm³/mol. The van der Waals surface area contributed by atoms with Crippen LogP contribution in [0.2, 0.25) is 0 Å². The molecule has 0 aromatic heterocycles. The Balaban J connectivity index is 4.22. The third-order valence-corrected chi connectivity index (χ3v) is 12.8. The number of phosphoric ester groups is 1. The monoisotopic (exact) mass is 1020 g/mol. The number of nitrogens with zero attached hydrogens (tertiary/aromatic N) is 1. The number of allylic oxidation sites excluding steroid dienone is 18. The average Bonchev–Trinajstić information content (AvgIpc) is 3.34. The summed E-state index contributed by atoms with van der Waals surface area (Å²) in [5.74, 6) is -0.817. The van der Waals surface area contributed by atoms with Crippen molar-refractivity contribution in [2.24, 2.45) is 0 Å². The fourth-order valence-electron chi connectivity index (χ4n) is 7.44. The zero-order chi connectivity index (χ0) is 52.7. The molecule has 0 aliphatic rings.